The summed E-state index contributed by atoms with van der Waals surface area (Å²) in [5, 5.41) is 13.5. The number of nitrogens with two attached hydrogens (primary N) is 2. The lowest BCUT2D eigenvalue weighted by molar-refractivity contribution is -0.142. The van der Waals surface area contributed by atoms with Gasteiger partial charge < -0.3 is 27.2 Å². The zero-order valence-corrected chi connectivity index (χ0v) is 12.1. The maximum absolute atomic E-state index is 11.6. The average Bonchev–Trinajstić information content (AvgIpc) is 2.33. The molecule has 0 saturated carbocycles. The van der Waals surface area contributed by atoms with Crippen molar-refractivity contribution in [1.29, 1.82) is 0 Å². The fraction of sp³-hybridized carbons (Fsp3) is 0.667. The van der Waals surface area contributed by atoms with Gasteiger partial charge in [-0.1, -0.05) is 13.8 Å². The Morgan fingerprint density at radius 3 is 2.19 bits per heavy atom. The van der Waals surface area contributed by atoms with Crippen molar-refractivity contribution in [3.63, 3.8) is 0 Å². The van der Waals surface area contributed by atoms with Gasteiger partial charge in [0.15, 0.2) is 0 Å². The van der Waals surface area contributed by atoms with Gasteiger partial charge in [-0.05, 0) is 12.3 Å². The molecular weight excluding hydrogens is 280 g/mol. The Balaban J connectivity index is 4.27. The molecule has 0 aromatic heterocycles. The second kappa shape index (κ2) is 8.90. The van der Waals surface area contributed by atoms with E-state index in [2.05, 4.69) is 10.6 Å². The van der Waals surface area contributed by atoms with Crippen LogP contribution in [0.25, 0.3) is 0 Å². The van der Waals surface area contributed by atoms with E-state index in [1.54, 1.807) is 0 Å². The molecule has 3 amide bonds. The summed E-state index contributed by atoms with van der Waals surface area (Å²) < 4.78 is 0. The second-order valence-corrected chi connectivity index (χ2v) is 5.08. The molecule has 0 aromatic rings. The van der Waals surface area contributed by atoms with Gasteiger partial charge in [-0.25, -0.2) is 4.79 Å². The van der Waals surface area contributed by atoms with Gasteiger partial charge in [0.2, 0.25) is 17.7 Å². The molecular formula is C12H22N4O5. The third-order valence-corrected chi connectivity index (χ3v) is 2.52. The van der Waals surface area contributed by atoms with Gasteiger partial charge >= 0.3 is 5.97 Å². The predicted octanol–water partition coefficient (Wildman–Crippen LogP) is -2.08. The van der Waals surface area contributed by atoms with Gasteiger partial charge in [-0.3, -0.25) is 14.4 Å². The molecule has 0 aromatic carbocycles. The number of carbonyl (C=O) groups excluding carboxylic acids is 3. The molecule has 0 aliphatic carbocycles. The molecule has 0 spiro atoms. The molecule has 2 atom stereocenters. The normalized spacial score (nSPS) is 13.3. The standard InChI is InChI=1S/C12H22N4O5/c1-6(2)3-8(12(20)21)16-10(18)5-15-11(19)7(13)4-9(14)17/h6-8H,3-5,13H2,1-2H3,(H2,14,17)(H,15,19)(H,16,18)(H,20,21). The van der Waals surface area contributed by atoms with Crippen molar-refractivity contribution in [3.8, 4) is 0 Å². The van der Waals surface area contributed by atoms with Crippen LogP contribution in [0.5, 0.6) is 0 Å². The summed E-state index contributed by atoms with van der Waals surface area (Å²) in [6.45, 7) is 3.23. The molecule has 21 heavy (non-hydrogen) atoms. The van der Waals surface area contributed by atoms with E-state index in [4.69, 9.17) is 16.6 Å². The molecule has 0 radical (unpaired) electrons. The Kier molecular flexibility index (Phi) is 7.99. The van der Waals surface area contributed by atoms with E-state index in [-0.39, 0.29) is 18.8 Å². The summed E-state index contributed by atoms with van der Waals surface area (Å²) in [6, 6.07) is -2.16. The minimum absolute atomic E-state index is 0.0879. The molecule has 0 fully saturated rings. The molecule has 0 bridgehead atoms. The van der Waals surface area contributed by atoms with Gasteiger partial charge in [0.05, 0.1) is 19.0 Å². The number of primary amides is 1. The third kappa shape index (κ3) is 8.58. The zero-order valence-electron chi connectivity index (χ0n) is 12.1. The van der Waals surface area contributed by atoms with Crippen LogP contribution in [0, 0.1) is 5.92 Å². The number of nitrogens with one attached hydrogen (secondary N) is 2. The van der Waals surface area contributed by atoms with Gasteiger partial charge in [-0.2, -0.15) is 0 Å². The summed E-state index contributed by atoms with van der Waals surface area (Å²) in [5.74, 6) is -3.15. The molecule has 2 unspecified atom stereocenters. The van der Waals surface area contributed by atoms with Crippen molar-refractivity contribution in [1.82, 2.24) is 10.6 Å². The molecule has 0 aliphatic rings. The Morgan fingerprint density at radius 2 is 1.76 bits per heavy atom. The molecule has 0 rings (SSSR count). The van der Waals surface area contributed by atoms with Crippen molar-refractivity contribution in [2.45, 2.75) is 38.8 Å². The van der Waals surface area contributed by atoms with Crippen LogP contribution < -0.4 is 22.1 Å². The van der Waals surface area contributed by atoms with E-state index in [1.165, 1.54) is 0 Å². The highest BCUT2D eigenvalue weighted by atomic mass is 16.4. The monoisotopic (exact) mass is 302 g/mol. The molecule has 120 valence electrons. The number of carboxylic acids is 1. The Bertz CT molecular complexity index is 410. The number of hydrogen-bond donors (Lipinski definition) is 5. The summed E-state index contributed by atoms with van der Waals surface area (Å²) in [5.41, 5.74) is 10.3. The SMILES string of the molecule is CC(C)CC(NC(=O)CNC(=O)C(N)CC(N)=O)C(=O)O. The predicted molar refractivity (Wildman–Crippen MR) is 73.8 cm³/mol. The quantitative estimate of drug-likeness (QED) is 0.328. The number of hydrogen-bond acceptors (Lipinski definition) is 5. The third-order valence-electron chi connectivity index (χ3n) is 2.52. The smallest absolute Gasteiger partial charge is 0.326 e. The molecule has 7 N–H and O–H groups in total. The molecule has 0 saturated heterocycles. The first-order chi connectivity index (χ1) is 9.63. The summed E-state index contributed by atoms with van der Waals surface area (Å²) >= 11 is 0. The van der Waals surface area contributed by atoms with Crippen LogP contribution in [0.2, 0.25) is 0 Å². The van der Waals surface area contributed by atoms with Gasteiger partial charge in [0.1, 0.15) is 6.04 Å². The van der Waals surface area contributed by atoms with E-state index in [0.29, 0.717) is 0 Å². The topological polar surface area (TPSA) is 165 Å². The van der Waals surface area contributed by atoms with Crippen LogP contribution >= 0.6 is 0 Å². The van der Waals surface area contributed by atoms with Crippen LogP contribution in [0.4, 0.5) is 0 Å². The van der Waals surface area contributed by atoms with E-state index >= 15 is 0 Å². The highest BCUT2D eigenvalue weighted by molar-refractivity contribution is 5.91. The number of carboxylic acid groups (broad SMARTS) is 1. The number of rotatable bonds is 9. The fourth-order valence-corrected chi connectivity index (χ4v) is 1.55. The van der Waals surface area contributed by atoms with Crippen LogP contribution in [0.15, 0.2) is 0 Å². The molecule has 9 heteroatoms. The second-order valence-electron chi connectivity index (χ2n) is 5.08. The van der Waals surface area contributed by atoms with Crippen molar-refractivity contribution in [2.24, 2.45) is 17.4 Å². The Hall–Kier alpha value is -2.16. The van der Waals surface area contributed by atoms with Crippen molar-refractivity contribution in [3.05, 3.63) is 0 Å². The summed E-state index contributed by atoms with van der Waals surface area (Å²) in [4.78, 5) is 44.6. The fourth-order valence-electron chi connectivity index (χ4n) is 1.55. The van der Waals surface area contributed by atoms with E-state index in [9.17, 15) is 19.2 Å². The van der Waals surface area contributed by atoms with Gasteiger partial charge in [0, 0.05) is 0 Å². The van der Waals surface area contributed by atoms with Gasteiger partial charge in [-0.15, -0.1) is 0 Å². The van der Waals surface area contributed by atoms with Crippen molar-refractivity contribution < 1.29 is 24.3 Å². The van der Waals surface area contributed by atoms with Crippen LogP contribution in [-0.2, 0) is 19.2 Å². The van der Waals surface area contributed by atoms with Crippen LogP contribution in [-0.4, -0.2) is 47.4 Å². The zero-order chi connectivity index (χ0) is 16.6. The average molecular weight is 302 g/mol. The maximum Gasteiger partial charge on any atom is 0.326 e. The summed E-state index contributed by atoms with van der Waals surface area (Å²) in [7, 11) is 0. The maximum atomic E-state index is 11.6. The van der Waals surface area contributed by atoms with Crippen LogP contribution in [0.1, 0.15) is 26.7 Å². The minimum Gasteiger partial charge on any atom is -0.480 e. The van der Waals surface area contributed by atoms with Gasteiger partial charge in [0.25, 0.3) is 0 Å². The molecule has 0 heterocycles. The lowest BCUT2D eigenvalue weighted by Crippen LogP contribution is -2.49. The number of carbonyl (C=O) groups is 4. The molecule has 9 nitrogen and oxygen atoms in total. The lowest BCUT2D eigenvalue weighted by atomic mass is 10.0. The molecule has 0 aliphatic heterocycles. The van der Waals surface area contributed by atoms with E-state index < -0.39 is 42.3 Å². The Labute approximate surface area is 122 Å². The van der Waals surface area contributed by atoms with Crippen LogP contribution in [0.3, 0.4) is 0 Å². The van der Waals surface area contributed by atoms with E-state index in [1.807, 2.05) is 13.8 Å². The number of aliphatic carboxylic acids is 1. The minimum atomic E-state index is -1.14. The first kappa shape index (κ1) is 18.8. The largest absolute Gasteiger partial charge is 0.480 e. The highest BCUT2D eigenvalue weighted by Crippen LogP contribution is 2.04. The van der Waals surface area contributed by atoms with Crippen molar-refractivity contribution >= 4 is 23.7 Å². The first-order valence-corrected chi connectivity index (χ1v) is 6.47. The lowest BCUT2D eigenvalue weighted by Gasteiger charge is -2.17. The summed E-state index contributed by atoms with van der Waals surface area (Å²) in [6.07, 6.45) is -0.0608. The highest BCUT2D eigenvalue weighted by Gasteiger charge is 2.22. The van der Waals surface area contributed by atoms with Crippen molar-refractivity contribution in [2.75, 3.05) is 6.54 Å². The number of amides is 3. The van der Waals surface area contributed by atoms with E-state index in [0.717, 1.165) is 0 Å². The Morgan fingerprint density at radius 1 is 1.19 bits per heavy atom. The first-order valence-electron chi connectivity index (χ1n) is 6.47.